The molecule has 0 saturated carbocycles. The van der Waals surface area contributed by atoms with Gasteiger partial charge in [0.25, 0.3) is 0 Å². The lowest BCUT2D eigenvalue weighted by molar-refractivity contribution is -0.192. The first kappa shape index (κ1) is 27.6. The van der Waals surface area contributed by atoms with E-state index in [1.165, 1.54) is 20.8 Å². The van der Waals surface area contributed by atoms with Crippen LogP contribution in [-0.2, 0) is 33.3 Å². The molecule has 0 unspecified atom stereocenters. The summed E-state index contributed by atoms with van der Waals surface area (Å²) < 4.78 is 24.0. The molecule has 3 aliphatic rings. The van der Waals surface area contributed by atoms with E-state index in [1.54, 1.807) is 27.7 Å². The fourth-order valence-electron chi connectivity index (χ4n) is 6.68. The summed E-state index contributed by atoms with van der Waals surface area (Å²) in [6.45, 7) is 12.8. The molecule has 0 radical (unpaired) electrons. The van der Waals surface area contributed by atoms with Crippen LogP contribution in [0, 0.1) is 17.8 Å². The van der Waals surface area contributed by atoms with Gasteiger partial charge < -0.3 is 29.2 Å². The average Bonchev–Trinajstić information content (AvgIpc) is 3.03. The zero-order valence-electron chi connectivity index (χ0n) is 22.0. The minimum absolute atomic E-state index is 0.159. The molecule has 0 amide bonds. The molecule has 0 aromatic carbocycles. The van der Waals surface area contributed by atoms with Crippen LogP contribution in [0.1, 0.15) is 74.7 Å². The molecule has 9 nitrogen and oxygen atoms in total. The Kier molecular flexibility index (Phi) is 7.48. The van der Waals surface area contributed by atoms with E-state index in [0.717, 1.165) is 5.57 Å². The van der Waals surface area contributed by atoms with Crippen molar-refractivity contribution in [2.24, 2.45) is 17.8 Å². The molecule has 1 aliphatic carbocycles. The molecule has 35 heavy (non-hydrogen) atoms. The highest BCUT2D eigenvalue weighted by Crippen LogP contribution is 2.56. The van der Waals surface area contributed by atoms with Gasteiger partial charge in [-0.05, 0) is 53.5 Å². The van der Waals surface area contributed by atoms with Crippen molar-refractivity contribution >= 4 is 17.9 Å². The average molecular weight is 497 g/mol. The number of carbonyl (C=O) groups excluding carboxylic acids is 3. The van der Waals surface area contributed by atoms with Gasteiger partial charge in [-0.25, -0.2) is 0 Å². The van der Waals surface area contributed by atoms with E-state index in [2.05, 4.69) is 0 Å². The quantitative estimate of drug-likeness (QED) is 0.342. The highest BCUT2D eigenvalue weighted by atomic mass is 16.6. The first-order valence-electron chi connectivity index (χ1n) is 12.3. The van der Waals surface area contributed by atoms with Gasteiger partial charge in [-0.15, -0.1) is 0 Å². The Hall–Kier alpha value is -1.97. The summed E-state index contributed by atoms with van der Waals surface area (Å²) >= 11 is 0. The summed E-state index contributed by atoms with van der Waals surface area (Å²) in [5.74, 6) is -2.59. The van der Waals surface area contributed by atoms with E-state index in [0.29, 0.717) is 0 Å². The van der Waals surface area contributed by atoms with Crippen LogP contribution in [0.25, 0.3) is 0 Å². The van der Waals surface area contributed by atoms with Gasteiger partial charge in [-0.2, -0.15) is 0 Å². The Labute approximate surface area is 207 Å². The normalized spacial score (nSPS) is 41.4. The van der Waals surface area contributed by atoms with Crippen molar-refractivity contribution in [1.29, 1.82) is 0 Å². The monoisotopic (exact) mass is 496 g/mol. The van der Waals surface area contributed by atoms with Crippen molar-refractivity contribution in [3.05, 3.63) is 11.6 Å². The lowest BCUT2D eigenvalue weighted by atomic mass is 9.60. The number of aliphatic hydroxyl groups is 2. The van der Waals surface area contributed by atoms with Crippen LogP contribution in [0.5, 0.6) is 0 Å². The molecule has 0 aromatic rings. The van der Waals surface area contributed by atoms with Gasteiger partial charge in [0.1, 0.15) is 23.4 Å². The highest BCUT2D eigenvalue weighted by molar-refractivity contribution is 5.67. The Morgan fingerprint density at radius 3 is 2.29 bits per heavy atom. The molecule has 0 spiro atoms. The maximum Gasteiger partial charge on any atom is 0.303 e. The number of hydrogen-bond donors (Lipinski definition) is 2. The molecule has 2 fully saturated rings. The van der Waals surface area contributed by atoms with Gasteiger partial charge >= 0.3 is 17.9 Å². The second kappa shape index (κ2) is 9.48. The molecule has 9 atom stereocenters. The van der Waals surface area contributed by atoms with Crippen LogP contribution in [0.2, 0.25) is 0 Å². The van der Waals surface area contributed by atoms with Gasteiger partial charge in [0.2, 0.25) is 0 Å². The molecular formula is C26H40O9. The minimum atomic E-state index is -1.43. The van der Waals surface area contributed by atoms with E-state index in [1.807, 2.05) is 13.0 Å². The third-order valence-electron chi connectivity index (χ3n) is 7.94. The topological polar surface area (TPSA) is 129 Å². The fraction of sp³-hybridized carbons (Fsp3) is 0.808. The van der Waals surface area contributed by atoms with E-state index in [-0.39, 0.29) is 31.1 Å². The van der Waals surface area contributed by atoms with E-state index < -0.39 is 65.0 Å². The number of carbonyl (C=O) groups is 3. The lowest BCUT2D eigenvalue weighted by Gasteiger charge is -2.49. The second-order valence-corrected chi connectivity index (χ2v) is 11.4. The molecule has 2 bridgehead atoms. The Balaban J connectivity index is 2.22. The molecular weight excluding hydrogens is 456 g/mol. The first-order valence-corrected chi connectivity index (χ1v) is 12.3. The van der Waals surface area contributed by atoms with Crippen molar-refractivity contribution < 1.29 is 43.5 Å². The van der Waals surface area contributed by atoms with Gasteiger partial charge in [0.05, 0.1) is 17.8 Å². The van der Waals surface area contributed by atoms with Gasteiger partial charge in [0.15, 0.2) is 0 Å². The zero-order chi connectivity index (χ0) is 26.5. The summed E-state index contributed by atoms with van der Waals surface area (Å²) in [4.78, 5) is 36.3. The van der Waals surface area contributed by atoms with Crippen LogP contribution in [0.3, 0.4) is 0 Å². The number of esters is 3. The lowest BCUT2D eigenvalue weighted by Crippen LogP contribution is -2.58. The Morgan fingerprint density at radius 1 is 1.11 bits per heavy atom. The highest BCUT2D eigenvalue weighted by Gasteiger charge is 2.64. The molecule has 3 rings (SSSR count). The Bertz CT molecular complexity index is 891. The molecule has 0 aromatic heterocycles. The van der Waals surface area contributed by atoms with Crippen molar-refractivity contribution in [2.75, 3.05) is 0 Å². The zero-order valence-corrected chi connectivity index (χ0v) is 22.0. The van der Waals surface area contributed by atoms with E-state index in [4.69, 9.17) is 18.9 Å². The third kappa shape index (κ3) is 5.42. The van der Waals surface area contributed by atoms with Crippen LogP contribution in [-0.4, -0.2) is 69.3 Å². The molecule has 2 aliphatic heterocycles. The molecule has 2 N–H and O–H groups in total. The summed E-state index contributed by atoms with van der Waals surface area (Å²) in [6.07, 6.45) is -0.453. The van der Waals surface area contributed by atoms with Gasteiger partial charge in [0, 0.05) is 44.9 Å². The first-order chi connectivity index (χ1) is 16.0. The number of hydrogen-bond acceptors (Lipinski definition) is 9. The molecule has 9 heteroatoms. The van der Waals surface area contributed by atoms with Gasteiger partial charge in [-0.3, -0.25) is 14.4 Å². The van der Waals surface area contributed by atoms with Crippen LogP contribution in [0.4, 0.5) is 0 Å². The summed E-state index contributed by atoms with van der Waals surface area (Å²) in [5, 5.41) is 21.9. The maximum absolute atomic E-state index is 12.2. The summed E-state index contributed by atoms with van der Waals surface area (Å²) in [6, 6.07) is 0. The van der Waals surface area contributed by atoms with Crippen molar-refractivity contribution in [2.45, 2.75) is 116 Å². The van der Waals surface area contributed by atoms with Crippen molar-refractivity contribution in [1.82, 2.24) is 0 Å². The largest absolute Gasteiger partial charge is 0.459 e. The molecule has 198 valence electrons. The number of ether oxygens (including phenoxy) is 4. The number of rotatable bonds is 4. The second-order valence-electron chi connectivity index (χ2n) is 11.4. The van der Waals surface area contributed by atoms with Crippen molar-refractivity contribution in [3.8, 4) is 0 Å². The third-order valence-corrected chi connectivity index (χ3v) is 7.94. The Morgan fingerprint density at radius 2 is 1.74 bits per heavy atom. The van der Waals surface area contributed by atoms with Crippen LogP contribution in [0.15, 0.2) is 11.6 Å². The van der Waals surface area contributed by atoms with E-state index >= 15 is 0 Å². The van der Waals surface area contributed by atoms with E-state index in [9.17, 15) is 24.6 Å². The summed E-state index contributed by atoms with van der Waals surface area (Å²) in [7, 11) is 0. The number of aliphatic hydroxyl groups excluding tert-OH is 1. The maximum atomic E-state index is 12.2. The SMILES string of the molecule is CC(=O)O[C@@H]1C=C(C)[C@H]2[C@@H]([C@H]1C(C)(C)OC(C)=O)[C@H]1O[C@@H]2C[C@](C)(O)[C@@H](O)CC[C@@]1(C)OC(C)=O. The number of fused-ring (bicyclic) bond motifs is 5. The standard InChI is InChI=1S/C26H40O9/c1-13-11-17(32-14(2)27)22(24(5,6)34-15(3)28)21-20(13)18-12-25(7,31)19(30)9-10-26(8,23(21)33-18)35-16(4)29/h11,17-23,30-31H,9-10,12H2,1-8H3/t17-,18-,19+,20-,21+,22+,23-,25+,26-/m1/s1. The molecule has 2 saturated heterocycles. The minimum Gasteiger partial charge on any atom is -0.459 e. The van der Waals surface area contributed by atoms with Crippen LogP contribution >= 0.6 is 0 Å². The van der Waals surface area contributed by atoms with Gasteiger partial charge in [-0.1, -0.05) is 5.57 Å². The predicted octanol–water partition coefficient (Wildman–Crippen LogP) is 2.45. The smallest absolute Gasteiger partial charge is 0.303 e. The fourth-order valence-corrected chi connectivity index (χ4v) is 6.68. The molecule has 2 heterocycles. The summed E-state index contributed by atoms with van der Waals surface area (Å²) in [5.41, 5.74) is -2.74. The predicted molar refractivity (Wildman–Crippen MR) is 125 cm³/mol. The van der Waals surface area contributed by atoms with Crippen molar-refractivity contribution in [3.63, 3.8) is 0 Å². The van der Waals surface area contributed by atoms with Crippen LogP contribution < -0.4 is 0 Å².